The van der Waals surface area contributed by atoms with Gasteiger partial charge in [0.25, 0.3) is 0 Å². The summed E-state index contributed by atoms with van der Waals surface area (Å²) in [5.74, 6) is -0.0452. The van der Waals surface area contributed by atoms with Crippen molar-refractivity contribution in [1.29, 1.82) is 0 Å². The van der Waals surface area contributed by atoms with Gasteiger partial charge in [-0.1, -0.05) is 0 Å². The third kappa shape index (κ3) is 3.66. The molecule has 5 heteroatoms. The largest absolute Gasteiger partial charge is 0.469 e. The van der Waals surface area contributed by atoms with E-state index in [2.05, 4.69) is 4.90 Å². The molecular formula is C12H21NO4. The lowest BCUT2D eigenvalue weighted by Gasteiger charge is -2.34. The first-order valence-corrected chi connectivity index (χ1v) is 6.29. The van der Waals surface area contributed by atoms with Gasteiger partial charge < -0.3 is 14.2 Å². The molecule has 0 spiro atoms. The smallest absolute Gasteiger partial charge is 0.309 e. The highest BCUT2D eigenvalue weighted by Crippen LogP contribution is 2.19. The van der Waals surface area contributed by atoms with Crippen molar-refractivity contribution < 1.29 is 19.0 Å². The summed E-state index contributed by atoms with van der Waals surface area (Å²) >= 11 is 0. The number of nitrogens with zero attached hydrogens (tertiary/aromatic N) is 1. The number of hydrogen-bond acceptors (Lipinski definition) is 5. The minimum atomic E-state index is -0.0809. The van der Waals surface area contributed by atoms with E-state index >= 15 is 0 Å². The highest BCUT2D eigenvalue weighted by molar-refractivity contribution is 5.72. The Balaban J connectivity index is 1.78. The Labute approximate surface area is 102 Å². The van der Waals surface area contributed by atoms with Crippen LogP contribution in [0, 0.1) is 5.92 Å². The van der Waals surface area contributed by atoms with Crippen LogP contribution in [0.4, 0.5) is 0 Å². The van der Waals surface area contributed by atoms with Crippen molar-refractivity contribution >= 4 is 5.97 Å². The van der Waals surface area contributed by atoms with E-state index in [9.17, 15) is 4.79 Å². The normalized spacial score (nSPS) is 31.1. The van der Waals surface area contributed by atoms with Crippen LogP contribution in [0.15, 0.2) is 0 Å². The van der Waals surface area contributed by atoms with E-state index in [0.717, 1.165) is 45.5 Å². The molecule has 0 aliphatic carbocycles. The van der Waals surface area contributed by atoms with Crippen LogP contribution in [0.25, 0.3) is 0 Å². The number of ether oxygens (including phenoxy) is 3. The zero-order valence-corrected chi connectivity index (χ0v) is 10.4. The average Bonchev–Trinajstić information content (AvgIpc) is 2.39. The fourth-order valence-corrected chi connectivity index (χ4v) is 2.51. The monoisotopic (exact) mass is 243 g/mol. The van der Waals surface area contributed by atoms with E-state index in [-0.39, 0.29) is 18.0 Å². The molecule has 98 valence electrons. The van der Waals surface area contributed by atoms with E-state index in [1.165, 1.54) is 7.11 Å². The van der Waals surface area contributed by atoms with Gasteiger partial charge in [-0.3, -0.25) is 9.69 Å². The number of hydrogen-bond donors (Lipinski definition) is 0. The van der Waals surface area contributed by atoms with Crippen molar-refractivity contribution in [1.82, 2.24) is 4.90 Å². The lowest BCUT2D eigenvalue weighted by molar-refractivity contribution is -0.153. The Kier molecular flexibility index (Phi) is 4.76. The summed E-state index contributed by atoms with van der Waals surface area (Å²) < 4.78 is 15.5. The van der Waals surface area contributed by atoms with Crippen molar-refractivity contribution in [3.63, 3.8) is 0 Å². The van der Waals surface area contributed by atoms with Crippen LogP contribution >= 0.6 is 0 Å². The van der Waals surface area contributed by atoms with Crippen molar-refractivity contribution in [3.05, 3.63) is 0 Å². The maximum absolute atomic E-state index is 11.5. The number of carbonyl (C=O) groups is 1. The lowest BCUT2D eigenvalue weighted by atomic mass is 9.98. The standard InChI is InChI=1S/C12H21NO4/c1-15-12(14)10-3-2-5-13(7-10)8-11-4-6-16-9-17-11/h10-11H,2-9H2,1H3. The number of methoxy groups -OCH3 is 1. The summed E-state index contributed by atoms with van der Waals surface area (Å²) in [6.45, 7) is 3.93. The SMILES string of the molecule is COC(=O)C1CCCN(CC2CCOCO2)C1. The summed E-state index contributed by atoms with van der Waals surface area (Å²) in [7, 11) is 1.46. The van der Waals surface area contributed by atoms with E-state index in [0.29, 0.717) is 6.79 Å². The van der Waals surface area contributed by atoms with E-state index in [4.69, 9.17) is 14.2 Å². The van der Waals surface area contributed by atoms with Crippen LogP contribution in [-0.2, 0) is 19.0 Å². The quantitative estimate of drug-likeness (QED) is 0.681. The highest BCUT2D eigenvalue weighted by Gasteiger charge is 2.28. The topological polar surface area (TPSA) is 48.0 Å². The van der Waals surface area contributed by atoms with Gasteiger partial charge in [0.05, 0.1) is 25.7 Å². The van der Waals surface area contributed by atoms with Crippen molar-refractivity contribution in [2.45, 2.75) is 25.4 Å². The van der Waals surface area contributed by atoms with Gasteiger partial charge in [0.1, 0.15) is 6.79 Å². The second-order valence-corrected chi connectivity index (χ2v) is 4.73. The minimum Gasteiger partial charge on any atom is -0.469 e. The van der Waals surface area contributed by atoms with Crippen LogP contribution in [-0.4, -0.2) is 57.1 Å². The molecule has 2 fully saturated rings. The Morgan fingerprint density at radius 3 is 3.06 bits per heavy atom. The fourth-order valence-electron chi connectivity index (χ4n) is 2.51. The molecule has 0 bridgehead atoms. The molecule has 0 amide bonds. The predicted molar refractivity (Wildman–Crippen MR) is 61.5 cm³/mol. The van der Waals surface area contributed by atoms with Crippen molar-refractivity contribution in [2.75, 3.05) is 40.1 Å². The Hall–Kier alpha value is -0.650. The van der Waals surface area contributed by atoms with Gasteiger partial charge >= 0.3 is 5.97 Å². The molecule has 0 aromatic carbocycles. The summed E-state index contributed by atoms with van der Waals surface area (Å²) in [6, 6.07) is 0. The number of likely N-dealkylation sites (tertiary alicyclic amines) is 1. The molecule has 2 aliphatic heterocycles. The number of esters is 1. The van der Waals surface area contributed by atoms with Gasteiger partial charge in [-0.05, 0) is 25.8 Å². The first-order chi connectivity index (χ1) is 8.29. The molecule has 0 aromatic rings. The second-order valence-electron chi connectivity index (χ2n) is 4.73. The molecule has 2 rings (SSSR count). The second kappa shape index (κ2) is 6.33. The van der Waals surface area contributed by atoms with Crippen LogP contribution in [0.2, 0.25) is 0 Å². The van der Waals surface area contributed by atoms with Crippen molar-refractivity contribution in [3.8, 4) is 0 Å². The maximum atomic E-state index is 11.5. The van der Waals surface area contributed by atoms with Gasteiger partial charge in [0.2, 0.25) is 0 Å². The van der Waals surface area contributed by atoms with Crippen LogP contribution in [0.3, 0.4) is 0 Å². The molecule has 17 heavy (non-hydrogen) atoms. The number of carbonyl (C=O) groups excluding carboxylic acids is 1. The summed E-state index contributed by atoms with van der Waals surface area (Å²) in [4.78, 5) is 13.8. The molecule has 0 radical (unpaired) electrons. The minimum absolute atomic E-state index is 0.0357. The van der Waals surface area contributed by atoms with E-state index in [1.54, 1.807) is 0 Å². The van der Waals surface area contributed by atoms with E-state index < -0.39 is 0 Å². The van der Waals surface area contributed by atoms with Crippen molar-refractivity contribution in [2.24, 2.45) is 5.92 Å². The van der Waals surface area contributed by atoms with Crippen LogP contribution in [0.5, 0.6) is 0 Å². The number of rotatable bonds is 3. The van der Waals surface area contributed by atoms with Gasteiger partial charge in [0, 0.05) is 13.1 Å². The first-order valence-electron chi connectivity index (χ1n) is 6.29. The van der Waals surface area contributed by atoms with Gasteiger partial charge in [-0.2, -0.15) is 0 Å². The molecule has 2 aliphatic rings. The third-order valence-electron chi connectivity index (χ3n) is 3.47. The molecule has 2 unspecified atom stereocenters. The molecule has 0 saturated carbocycles. The molecule has 2 saturated heterocycles. The lowest BCUT2D eigenvalue weighted by Crippen LogP contribution is -2.44. The fraction of sp³-hybridized carbons (Fsp3) is 0.917. The Morgan fingerprint density at radius 2 is 2.35 bits per heavy atom. The molecule has 5 nitrogen and oxygen atoms in total. The molecule has 0 aromatic heterocycles. The zero-order valence-electron chi connectivity index (χ0n) is 10.4. The number of piperidine rings is 1. The maximum Gasteiger partial charge on any atom is 0.309 e. The molecule has 2 atom stereocenters. The third-order valence-corrected chi connectivity index (χ3v) is 3.47. The molecule has 0 N–H and O–H groups in total. The molecular weight excluding hydrogens is 222 g/mol. The highest BCUT2D eigenvalue weighted by atomic mass is 16.7. The van der Waals surface area contributed by atoms with Gasteiger partial charge in [-0.15, -0.1) is 0 Å². The first kappa shape index (κ1) is 12.8. The van der Waals surface area contributed by atoms with E-state index in [1.807, 2.05) is 0 Å². The predicted octanol–water partition coefficient (Wildman–Crippen LogP) is 0.634. The van der Waals surface area contributed by atoms with Crippen LogP contribution < -0.4 is 0 Å². The van der Waals surface area contributed by atoms with Gasteiger partial charge in [-0.25, -0.2) is 0 Å². The molecule has 2 heterocycles. The Bertz CT molecular complexity index is 253. The summed E-state index contributed by atoms with van der Waals surface area (Å²) in [6.07, 6.45) is 3.19. The van der Waals surface area contributed by atoms with Crippen LogP contribution in [0.1, 0.15) is 19.3 Å². The average molecular weight is 243 g/mol. The summed E-state index contributed by atoms with van der Waals surface area (Å²) in [5.41, 5.74) is 0. The Morgan fingerprint density at radius 1 is 1.47 bits per heavy atom. The summed E-state index contributed by atoms with van der Waals surface area (Å²) in [5, 5.41) is 0. The zero-order chi connectivity index (χ0) is 12.1. The van der Waals surface area contributed by atoms with Gasteiger partial charge in [0.15, 0.2) is 0 Å².